The number of amides is 2. The molecule has 0 unspecified atom stereocenters. The Morgan fingerprint density at radius 3 is 2.32 bits per heavy atom. The van der Waals surface area contributed by atoms with Crippen molar-refractivity contribution < 1.29 is 9.72 Å². The molecule has 142 valence electrons. The first-order chi connectivity index (χ1) is 13.4. The van der Waals surface area contributed by atoms with Crippen LogP contribution in [-0.2, 0) is 0 Å². The number of halogens is 2. The fourth-order valence-electron chi connectivity index (χ4n) is 2.28. The summed E-state index contributed by atoms with van der Waals surface area (Å²) in [5, 5.41) is 17.0. The molecule has 0 aliphatic rings. The van der Waals surface area contributed by atoms with Crippen molar-refractivity contribution in [2.45, 2.75) is 9.79 Å². The Morgan fingerprint density at radius 2 is 1.64 bits per heavy atom. The molecule has 0 atom stereocenters. The summed E-state index contributed by atoms with van der Waals surface area (Å²) in [5.74, 6) is 0. The number of carbonyl (C=O) groups is 1. The van der Waals surface area contributed by atoms with E-state index in [-0.39, 0.29) is 5.69 Å². The largest absolute Gasteiger partial charge is 0.323 e. The van der Waals surface area contributed by atoms with Crippen LogP contribution < -0.4 is 10.6 Å². The molecule has 3 aromatic rings. The number of nitrogens with one attached hydrogen (secondary N) is 2. The molecule has 0 aromatic heterocycles. The lowest BCUT2D eigenvalue weighted by atomic mass is 10.3. The first-order valence-electron chi connectivity index (χ1n) is 7.97. The SMILES string of the molecule is O=C(Nc1ccc(Cl)c(Cl)c1)Nc1ccccc1Sc1ccc([N+](=O)[O-])cc1. The second kappa shape index (κ2) is 8.97. The van der Waals surface area contributed by atoms with Gasteiger partial charge in [0, 0.05) is 27.6 Å². The van der Waals surface area contributed by atoms with Crippen molar-refractivity contribution in [1.29, 1.82) is 0 Å². The van der Waals surface area contributed by atoms with E-state index in [1.54, 1.807) is 42.5 Å². The van der Waals surface area contributed by atoms with Gasteiger partial charge in [-0.3, -0.25) is 10.1 Å². The number of carbonyl (C=O) groups excluding carboxylic acids is 1. The highest BCUT2D eigenvalue weighted by Gasteiger charge is 2.10. The standard InChI is InChI=1S/C19H13Cl2N3O3S/c20-15-10-5-12(11-16(15)21)22-19(25)23-17-3-1-2-4-18(17)28-14-8-6-13(7-9-14)24(26)27/h1-11H,(H2,22,23,25). The van der Waals surface area contributed by atoms with E-state index in [9.17, 15) is 14.9 Å². The van der Waals surface area contributed by atoms with E-state index in [2.05, 4.69) is 10.6 Å². The third-order valence-corrected chi connectivity index (χ3v) is 5.41. The number of urea groups is 1. The molecule has 3 aromatic carbocycles. The van der Waals surface area contributed by atoms with E-state index in [0.717, 1.165) is 9.79 Å². The summed E-state index contributed by atoms with van der Waals surface area (Å²) >= 11 is 13.2. The topological polar surface area (TPSA) is 84.3 Å². The Hall–Kier alpha value is -2.74. The maximum Gasteiger partial charge on any atom is 0.323 e. The second-order valence-corrected chi connectivity index (χ2v) is 7.49. The fraction of sp³-hybridized carbons (Fsp3) is 0. The Kier molecular flexibility index (Phi) is 6.41. The van der Waals surface area contributed by atoms with Crippen LogP contribution in [0.1, 0.15) is 0 Å². The van der Waals surface area contributed by atoms with Crippen LogP contribution in [0.4, 0.5) is 21.9 Å². The summed E-state index contributed by atoms with van der Waals surface area (Å²) in [5.41, 5.74) is 1.13. The molecule has 2 amide bonds. The molecule has 3 rings (SSSR count). The van der Waals surface area contributed by atoms with Gasteiger partial charge in [0.1, 0.15) is 0 Å². The predicted molar refractivity (Wildman–Crippen MR) is 113 cm³/mol. The lowest BCUT2D eigenvalue weighted by Crippen LogP contribution is -2.19. The van der Waals surface area contributed by atoms with Crippen molar-refractivity contribution in [3.8, 4) is 0 Å². The van der Waals surface area contributed by atoms with E-state index >= 15 is 0 Å². The van der Waals surface area contributed by atoms with E-state index in [4.69, 9.17) is 23.2 Å². The first-order valence-corrected chi connectivity index (χ1v) is 9.54. The highest BCUT2D eigenvalue weighted by Crippen LogP contribution is 2.34. The van der Waals surface area contributed by atoms with Crippen molar-refractivity contribution in [1.82, 2.24) is 0 Å². The average molecular weight is 434 g/mol. The summed E-state index contributed by atoms with van der Waals surface area (Å²) < 4.78 is 0. The molecule has 0 saturated carbocycles. The molecule has 6 nitrogen and oxygen atoms in total. The zero-order chi connectivity index (χ0) is 20.1. The van der Waals surface area contributed by atoms with Gasteiger partial charge in [-0.1, -0.05) is 47.1 Å². The van der Waals surface area contributed by atoms with Crippen LogP contribution in [0.3, 0.4) is 0 Å². The molecule has 0 spiro atoms. The van der Waals surface area contributed by atoms with E-state index in [0.29, 0.717) is 21.4 Å². The van der Waals surface area contributed by atoms with Crippen molar-refractivity contribution in [2.24, 2.45) is 0 Å². The minimum absolute atomic E-state index is 0.0248. The number of nitro benzene ring substituents is 1. The highest BCUT2D eigenvalue weighted by molar-refractivity contribution is 7.99. The number of para-hydroxylation sites is 1. The van der Waals surface area contributed by atoms with Gasteiger partial charge < -0.3 is 10.6 Å². The zero-order valence-corrected chi connectivity index (χ0v) is 16.5. The summed E-state index contributed by atoms with van der Waals surface area (Å²) in [4.78, 5) is 24.2. The Bertz CT molecular complexity index is 1030. The van der Waals surface area contributed by atoms with Crippen LogP contribution in [0, 0.1) is 10.1 Å². The minimum atomic E-state index is -0.447. The smallest absolute Gasteiger partial charge is 0.308 e. The lowest BCUT2D eigenvalue weighted by molar-refractivity contribution is -0.384. The van der Waals surface area contributed by atoms with Gasteiger partial charge in [0.2, 0.25) is 0 Å². The molecular formula is C19H13Cl2N3O3S. The van der Waals surface area contributed by atoms with E-state index < -0.39 is 11.0 Å². The summed E-state index contributed by atoms with van der Waals surface area (Å²) in [6.07, 6.45) is 0. The monoisotopic (exact) mass is 433 g/mol. The van der Waals surface area contributed by atoms with Gasteiger partial charge in [0.15, 0.2) is 0 Å². The van der Waals surface area contributed by atoms with E-state index in [1.165, 1.54) is 23.9 Å². The van der Waals surface area contributed by atoms with Gasteiger partial charge in [-0.05, 0) is 42.5 Å². The summed E-state index contributed by atoms with van der Waals surface area (Å²) in [7, 11) is 0. The van der Waals surface area contributed by atoms with Gasteiger partial charge in [0.05, 0.1) is 20.7 Å². The maximum absolute atomic E-state index is 12.3. The first kappa shape index (κ1) is 20.0. The molecule has 0 aliphatic heterocycles. The quantitative estimate of drug-likeness (QED) is 0.346. The Morgan fingerprint density at radius 1 is 0.929 bits per heavy atom. The molecule has 2 N–H and O–H groups in total. The fourth-order valence-corrected chi connectivity index (χ4v) is 3.48. The molecule has 0 saturated heterocycles. The van der Waals surface area contributed by atoms with Gasteiger partial charge in [-0.15, -0.1) is 0 Å². The van der Waals surface area contributed by atoms with Crippen LogP contribution in [0.25, 0.3) is 0 Å². The molecule has 28 heavy (non-hydrogen) atoms. The molecule has 0 heterocycles. The number of nitrogens with zero attached hydrogens (tertiary/aromatic N) is 1. The third kappa shape index (κ3) is 5.16. The number of benzene rings is 3. The van der Waals surface area contributed by atoms with Crippen LogP contribution in [0.2, 0.25) is 10.0 Å². The van der Waals surface area contributed by atoms with Gasteiger partial charge in [-0.2, -0.15) is 0 Å². The molecular weight excluding hydrogens is 421 g/mol. The van der Waals surface area contributed by atoms with Crippen molar-refractivity contribution in [3.05, 3.63) is 86.9 Å². The van der Waals surface area contributed by atoms with Crippen molar-refractivity contribution in [3.63, 3.8) is 0 Å². The minimum Gasteiger partial charge on any atom is -0.308 e. The number of anilines is 2. The number of rotatable bonds is 5. The molecule has 9 heteroatoms. The van der Waals surface area contributed by atoms with Crippen LogP contribution in [-0.4, -0.2) is 11.0 Å². The highest BCUT2D eigenvalue weighted by atomic mass is 35.5. The molecule has 0 aliphatic carbocycles. The number of non-ortho nitro benzene ring substituents is 1. The van der Waals surface area contributed by atoms with Crippen LogP contribution in [0.5, 0.6) is 0 Å². The Labute approximate surface area is 175 Å². The lowest BCUT2D eigenvalue weighted by Gasteiger charge is -2.12. The summed E-state index contributed by atoms with van der Waals surface area (Å²) in [6, 6.07) is 17.8. The van der Waals surface area contributed by atoms with Gasteiger partial charge >= 0.3 is 6.03 Å². The summed E-state index contributed by atoms with van der Waals surface area (Å²) in [6.45, 7) is 0. The van der Waals surface area contributed by atoms with Crippen LogP contribution in [0.15, 0.2) is 76.5 Å². The molecule has 0 bridgehead atoms. The normalized spacial score (nSPS) is 10.4. The maximum atomic E-state index is 12.3. The third-order valence-electron chi connectivity index (χ3n) is 3.59. The number of hydrogen-bond donors (Lipinski definition) is 2. The van der Waals surface area contributed by atoms with Crippen molar-refractivity contribution in [2.75, 3.05) is 10.6 Å². The molecule has 0 radical (unpaired) electrons. The number of hydrogen-bond acceptors (Lipinski definition) is 4. The molecule has 0 fully saturated rings. The Balaban J connectivity index is 1.71. The van der Waals surface area contributed by atoms with Gasteiger partial charge in [0.25, 0.3) is 5.69 Å². The second-order valence-electron chi connectivity index (χ2n) is 5.56. The predicted octanol–water partition coefficient (Wildman–Crippen LogP) is 6.70. The van der Waals surface area contributed by atoms with Crippen LogP contribution >= 0.6 is 35.0 Å². The van der Waals surface area contributed by atoms with Gasteiger partial charge in [-0.25, -0.2) is 4.79 Å². The van der Waals surface area contributed by atoms with Crippen molar-refractivity contribution >= 4 is 58.1 Å². The average Bonchev–Trinajstić information content (AvgIpc) is 2.67. The zero-order valence-electron chi connectivity index (χ0n) is 14.2. The van der Waals surface area contributed by atoms with E-state index in [1.807, 2.05) is 12.1 Å². The number of nitro groups is 1.